The van der Waals surface area contributed by atoms with Crippen LogP contribution in [-0.2, 0) is 0 Å². The van der Waals surface area contributed by atoms with Crippen molar-refractivity contribution in [1.82, 2.24) is 0 Å². The Labute approximate surface area is 147 Å². The number of carbonyl (C=O) groups is 2. The molecule has 2 N–H and O–H groups in total. The molecule has 0 saturated heterocycles. The molecule has 0 spiro atoms. The number of anilines is 1. The van der Waals surface area contributed by atoms with Crippen LogP contribution in [0.3, 0.4) is 0 Å². The van der Waals surface area contributed by atoms with Crippen molar-refractivity contribution in [3.8, 4) is 5.75 Å². The Bertz CT molecular complexity index is 727. The van der Waals surface area contributed by atoms with Gasteiger partial charge in [0.05, 0.1) is 17.7 Å². The monoisotopic (exact) mass is 341 g/mol. The zero-order chi connectivity index (χ0) is 18.1. The number of hydrogen-bond acceptors (Lipinski definition) is 3. The smallest absolute Gasteiger partial charge is 0.336 e. The lowest BCUT2D eigenvalue weighted by molar-refractivity contribution is 0.0692. The van der Waals surface area contributed by atoms with Gasteiger partial charge < -0.3 is 15.2 Å². The number of carboxylic acids is 1. The van der Waals surface area contributed by atoms with Crippen molar-refractivity contribution in [2.45, 2.75) is 32.6 Å². The Morgan fingerprint density at radius 2 is 1.76 bits per heavy atom. The summed E-state index contributed by atoms with van der Waals surface area (Å²) in [6.45, 7) is 2.80. The van der Waals surface area contributed by atoms with Crippen molar-refractivity contribution in [1.29, 1.82) is 0 Å². The van der Waals surface area contributed by atoms with Gasteiger partial charge in [0, 0.05) is 11.8 Å². The molecule has 2 aromatic carbocycles. The fraction of sp³-hybridized carbons (Fsp3) is 0.300. The lowest BCUT2D eigenvalue weighted by Crippen LogP contribution is -2.16. The Morgan fingerprint density at radius 1 is 1.00 bits per heavy atom. The lowest BCUT2D eigenvalue weighted by Gasteiger charge is -2.10. The molecule has 2 rings (SSSR count). The number of ether oxygens (including phenoxy) is 1. The third-order valence-electron chi connectivity index (χ3n) is 3.76. The van der Waals surface area contributed by atoms with Crippen LogP contribution in [0.4, 0.5) is 5.69 Å². The maximum Gasteiger partial charge on any atom is 0.336 e. The van der Waals surface area contributed by atoms with Gasteiger partial charge in [-0.05, 0) is 30.7 Å². The van der Waals surface area contributed by atoms with E-state index >= 15 is 0 Å². The molecule has 0 radical (unpaired) electrons. The second kappa shape index (κ2) is 9.47. The van der Waals surface area contributed by atoms with E-state index in [1.54, 1.807) is 30.3 Å². The van der Waals surface area contributed by atoms with Crippen LogP contribution in [0.5, 0.6) is 5.75 Å². The first kappa shape index (κ1) is 18.5. The fourth-order valence-corrected chi connectivity index (χ4v) is 2.45. The molecular weight excluding hydrogens is 318 g/mol. The average molecular weight is 341 g/mol. The van der Waals surface area contributed by atoms with E-state index < -0.39 is 11.9 Å². The van der Waals surface area contributed by atoms with Crippen molar-refractivity contribution in [2.24, 2.45) is 0 Å². The molecule has 0 aliphatic carbocycles. The van der Waals surface area contributed by atoms with Gasteiger partial charge in [0.15, 0.2) is 0 Å². The first-order valence-electron chi connectivity index (χ1n) is 8.48. The molecule has 2 aromatic rings. The molecule has 0 saturated carbocycles. The van der Waals surface area contributed by atoms with Crippen molar-refractivity contribution in [2.75, 3.05) is 11.9 Å². The Balaban J connectivity index is 2.00. The first-order valence-corrected chi connectivity index (χ1v) is 8.48. The second-order valence-electron chi connectivity index (χ2n) is 5.74. The van der Waals surface area contributed by atoms with Crippen LogP contribution in [0.25, 0.3) is 0 Å². The van der Waals surface area contributed by atoms with Crippen LogP contribution >= 0.6 is 0 Å². The predicted octanol–water partition coefficient (Wildman–Crippen LogP) is 4.60. The van der Waals surface area contributed by atoms with Crippen LogP contribution in [-0.4, -0.2) is 23.6 Å². The minimum Gasteiger partial charge on any atom is -0.494 e. The standard InChI is InChI=1S/C20H23NO4/c1-2-3-4-7-13-25-16-10-8-9-15(14-16)21-19(22)17-11-5-6-12-18(17)20(23)24/h5-6,8-12,14H,2-4,7,13H2,1H3,(H,21,22)(H,23,24). The Kier molecular flexibility index (Phi) is 7.01. The number of carbonyl (C=O) groups excluding carboxylic acids is 1. The summed E-state index contributed by atoms with van der Waals surface area (Å²) in [7, 11) is 0. The van der Waals surface area contributed by atoms with Crippen LogP contribution in [0.1, 0.15) is 53.3 Å². The topological polar surface area (TPSA) is 75.6 Å². The van der Waals surface area contributed by atoms with Crippen LogP contribution in [0, 0.1) is 0 Å². The summed E-state index contributed by atoms with van der Waals surface area (Å²) in [4.78, 5) is 23.6. The molecule has 0 fully saturated rings. The SMILES string of the molecule is CCCCCCOc1cccc(NC(=O)c2ccccc2C(=O)O)c1. The normalized spacial score (nSPS) is 10.3. The average Bonchev–Trinajstić information content (AvgIpc) is 2.62. The van der Waals surface area contributed by atoms with E-state index in [0.717, 1.165) is 12.8 Å². The number of carboxylic acid groups (broad SMARTS) is 1. The highest BCUT2D eigenvalue weighted by atomic mass is 16.5. The van der Waals surface area contributed by atoms with E-state index in [1.165, 1.54) is 25.0 Å². The van der Waals surface area contributed by atoms with E-state index in [2.05, 4.69) is 12.2 Å². The molecule has 0 heterocycles. The number of unbranched alkanes of at least 4 members (excludes halogenated alkanes) is 3. The molecule has 0 bridgehead atoms. The van der Waals surface area contributed by atoms with E-state index in [4.69, 9.17) is 4.74 Å². The molecule has 0 aromatic heterocycles. The fourth-order valence-electron chi connectivity index (χ4n) is 2.45. The molecule has 0 aliphatic rings. The summed E-state index contributed by atoms with van der Waals surface area (Å²) in [6.07, 6.45) is 4.51. The second-order valence-corrected chi connectivity index (χ2v) is 5.74. The zero-order valence-electron chi connectivity index (χ0n) is 14.3. The highest BCUT2D eigenvalue weighted by Gasteiger charge is 2.15. The highest BCUT2D eigenvalue weighted by Crippen LogP contribution is 2.19. The summed E-state index contributed by atoms with van der Waals surface area (Å²) in [5.74, 6) is -0.908. The summed E-state index contributed by atoms with van der Waals surface area (Å²) in [5, 5.41) is 11.9. The van der Waals surface area contributed by atoms with Crippen molar-refractivity contribution in [3.05, 3.63) is 59.7 Å². The van der Waals surface area contributed by atoms with Gasteiger partial charge in [-0.15, -0.1) is 0 Å². The van der Waals surface area contributed by atoms with E-state index in [0.29, 0.717) is 18.0 Å². The third kappa shape index (κ3) is 5.64. The molecule has 25 heavy (non-hydrogen) atoms. The Hall–Kier alpha value is -2.82. The quantitative estimate of drug-likeness (QED) is 0.654. The van der Waals surface area contributed by atoms with Crippen LogP contribution in [0.2, 0.25) is 0 Å². The molecule has 5 nitrogen and oxygen atoms in total. The number of nitrogens with one attached hydrogen (secondary N) is 1. The van der Waals surface area contributed by atoms with Gasteiger partial charge in [0.2, 0.25) is 0 Å². The molecule has 132 valence electrons. The van der Waals surface area contributed by atoms with Gasteiger partial charge in [-0.25, -0.2) is 4.79 Å². The van der Waals surface area contributed by atoms with Gasteiger partial charge >= 0.3 is 5.97 Å². The van der Waals surface area contributed by atoms with E-state index in [1.807, 2.05) is 6.07 Å². The minimum atomic E-state index is -1.13. The molecule has 0 atom stereocenters. The molecule has 0 unspecified atom stereocenters. The molecule has 0 aliphatic heterocycles. The third-order valence-corrected chi connectivity index (χ3v) is 3.76. The van der Waals surface area contributed by atoms with Crippen LogP contribution < -0.4 is 10.1 Å². The van der Waals surface area contributed by atoms with Gasteiger partial charge in [-0.1, -0.05) is 44.4 Å². The number of benzene rings is 2. The molecule has 5 heteroatoms. The van der Waals surface area contributed by atoms with Crippen molar-refractivity contribution >= 4 is 17.6 Å². The number of hydrogen-bond donors (Lipinski definition) is 2. The van der Waals surface area contributed by atoms with Gasteiger partial charge in [-0.2, -0.15) is 0 Å². The van der Waals surface area contributed by atoms with Gasteiger partial charge in [0.25, 0.3) is 5.91 Å². The maximum atomic E-state index is 12.4. The zero-order valence-corrected chi connectivity index (χ0v) is 14.3. The van der Waals surface area contributed by atoms with E-state index in [-0.39, 0.29) is 11.1 Å². The Morgan fingerprint density at radius 3 is 2.48 bits per heavy atom. The van der Waals surface area contributed by atoms with Crippen molar-refractivity contribution < 1.29 is 19.4 Å². The highest BCUT2D eigenvalue weighted by molar-refractivity contribution is 6.10. The van der Waals surface area contributed by atoms with Crippen molar-refractivity contribution in [3.63, 3.8) is 0 Å². The summed E-state index contributed by atoms with van der Waals surface area (Å²) >= 11 is 0. The number of amides is 1. The largest absolute Gasteiger partial charge is 0.494 e. The van der Waals surface area contributed by atoms with Gasteiger partial charge in [0.1, 0.15) is 5.75 Å². The molecular formula is C20H23NO4. The maximum absolute atomic E-state index is 12.4. The van der Waals surface area contributed by atoms with Crippen LogP contribution in [0.15, 0.2) is 48.5 Å². The molecule has 1 amide bonds. The van der Waals surface area contributed by atoms with Gasteiger partial charge in [-0.3, -0.25) is 4.79 Å². The first-order chi connectivity index (χ1) is 12.1. The lowest BCUT2D eigenvalue weighted by atomic mass is 10.1. The van der Waals surface area contributed by atoms with E-state index in [9.17, 15) is 14.7 Å². The number of rotatable bonds is 9. The minimum absolute atomic E-state index is 0.0247. The summed E-state index contributed by atoms with van der Waals surface area (Å²) in [6, 6.07) is 13.2. The summed E-state index contributed by atoms with van der Waals surface area (Å²) < 4.78 is 5.70. The predicted molar refractivity (Wildman–Crippen MR) is 97.4 cm³/mol. The number of aromatic carboxylic acids is 1. The summed E-state index contributed by atoms with van der Waals surface area (Å²) in [5.41, 5.74) is 0.667.